The standard InChI is InChI=1S/C30H32N2O3/c1-21-18-23(10-16-28(21)24-12-14-26(31)15-13-24)20-32(30(35)25-7-3-2-4-8-25)27-9-5-6-22(19-27)11-17-29(33)34/h5-6,9-19,25H,2-4,7-8,20,31H2,1H3,(H,33,34)/b17-11+. The number of benzene rings is 3. The fourth-order valence-electron chi connectivity index (χ4n) is 4.82. The highest BCUT2D eigenvalue weighted by atomic mass is 16.4. The third-order valence-electron chi connectivity index (χ3n) is 6.67. The highest BCUT2D eigenvalue weighted by molar-refractivity contribution is 5.95. The van der Waals surface area contributed by atoms with Gasteiger partial charge in [-0.1, -0.05) is 61.7 Å². The minimum Gasteiger partial charge on any atom is -0.478 e. The number of aryl methyl sites for hydroxylation is 1. The molecule has 0 radical (unpaired) electrons. The Bertz CT molecular complexity index is 1220. The Hall–Kier alpha value is -3.86. The van der Waals surface area contributed by atoms with Crippen molar-refractivity contribution in [3.05, 3.63) is 89.5 Å². The zero-order chi connectivity index (χ0) is 24.8. The number of nitrogens with two attached hydrogens (primary N) is 1. The van der Waals surface area contributed by atoms with Crippen LogP contribution in [0.4, 0.5) is 11.4 Å². The van der Waals surface area contributed by atoms with Crippen LogP contribution in [-0.4, -0.2) is 17.0 Å². The number of nitrogen functional groups attached to an aromatic ring is 1. The van der Waals surface area contributed by atoms with Crippen LogP contribution in [0.5, 0.6) is 0 Å². The molecule has 4 rings (SSSR count). The van der Waals surface area contributed by atoms with E-state index in [9.17, 15) is 9.59 Å². The van der Waals surface area contributed by atoms with Crippen LogP contribution in [0.15, 0.2) is 72.8 Å². The van der Waals surface area contributed by atoms with E-state index < -0.39 is 5.97 Å². The average Bonchev–Trinajstić information content (AvgIpc) is 2.87. The van der Waals surface area contributed by atoms with E-state index in [1.54, 1.807) is 6.08 Å². The molecule has 180 valence electrons. The molecule has 1 aliphatic carbocycles. The van der Waals surface area contributed by atoms with E-state index in [2.05, 4.69) is 25.1 Å². The molecular weight excluding hydrogens is 436 g/mol. The van der Waals surface area contributed by atoms with Gasteiger partial charge >= 0.3 is 5.97 Å². The zero-order valence-electron chi connectivity index (χ0n) is 20.1. The van der Waals surface area contributed by atoms with E-state index in [0.29, 0.717) is 6.54 Å². The molecule has 0 spiro atoms. The van der Waals surface area contributed by atoms with Crippen LogP contribution >= 0.6 is 0 Å². The predicted octanol–water partition coefficient (Wildman–Crippen LogP) is 6.46. The first kappa shape index (κ1) is 24.3. The topological polar surface area (TPSA) is 83.6 Å². The molecule has 1 saturated carbocycles. The minimum absolute atomic E-state index is 0.0251. The van der Waals surface area contributed by atoms with E-state index in [-0.39, 0.29) is 11.8 Å². The number of hydrogen-bond donors (Lipinski definition) is 2. The SMILES string of the molecule is Cc1cc(CN(C(=O)C2CCCCC2)c2cccc(/C=C/C(=O)O)c2)ccc1-c1ccc(N)cc1. The van der Waals surface area contributed by atoms with Crippen molar-refractivity contribution in [2.24, 2.45) is 5.92 Å². The molecule has 35 heavy (non-hydrogen) atoms. The number of aliphatic carboxylic acids is 1. The number of carbonyl (C=O) groups is 2. The third kappa shape index (κ3) is 6.18. The van der Waals surface area contributed by atoms with Crippen molar-refractivity contribution in [1.82, 2.24) is 0 Å². The zero-order valence-corrected chi connectivity index (χ0v) is 20.1. The van der Waals surface area contributed by atoms with E-state index in [4.69, 9.17) is 10.8 Å². The molecule has 0 aliphatic heterocycles. The van der Waals surface area contributed by atoms with Gasteiger partial charge in [0, 0.05) is 23.4 Å². The Morgan fingerprint density at radius 1 is 1.00 bits per heavy atom. The van der Waals surface area contributed by atoms with Gasteiger partial charge in [0.2, 0.25) is 5.91 Å². The Morgan fingerprint density at radius 2 is 1.74 bits per heavy atom. The maximum Gasteiger partial charge on any atom is 0.328 e. The summed E-state index contributed by atoms with van der Waals surface area (Å²) < 4.78 is 0. The van der Waals surface area contributed by atoms with Crippen molar-refractivity contribution in [2.45, 2.75) is 45.6 Å². The molecule has 1 fully saturated rings. The molecule has 5 nitrogen and oxygen atoms in total. The minimum atomic E-state index is -0.998. The highest BCUT2D eigenvalue weighted by Gasteiger charge is 2.27. The number of anilines is 2. The molecule has 3 aromatic rings. The van der Waals surface area contributed by atoms with Crippen molar-refractivity contribution in [3.63, 3.8) is 0 Å². The maximum atomic E-state index is 13.7. The van der Waals surface area contributed by atoms with Crippen LogP contribution in [0.25, 0.3) is 17.2 Å². The molecule has 0 heterocycles. The van der Waals surface area contributed by atoms with Gasteiger partial charge < -0.3 is 15.7 Å². The fraction of sp³-hybridized carbons (Fsp3) is 0.267. The number of amides is 1. The summed E-state index contributed by atoms with van der Waals surface area (Å²) in [5.74, 6) is -0.830. The fourth-order valence-corrected chi connectivity index (χ4v) is 4.82. The van der Waals surface area contributed by atoms with Gasteiger partial charge in [-0.25, -0.2) is 4.79 Å². The molecule has 5 heteroatoms. The smallest absolute Gasteiger partial charge is 0.328 e. The lowest BCUT2D eigenvalue weighted by Crippen LogP contribution is -2.36. The molecular formula is C30H32N2O3. The van der Waals surface area contributed by atoms with Crippen LogP contribution in [0.2, 0.25) is 0 Å². The summed E-state index contributed by atoms with van der Waals surface area (Å²) in [6.07, 6.45) is 7.87. The lowest BCUT2D eigenvalue weighted by molar-refractivity contribution is -0.131. The van der Waals surface area contributed by atoms with Crippen LogP contribution in [-0.2, 0) is 16.1 Å². The number of carboxylic acids is 1. The first-order valence-corrected chi connectivity index (χ1v) is 12.2. The van der Waals surface area contributed by atoms with Crippen molar-refractivity contribution in [1.29, 1.82) is 0 Å². The quantitative estimate of drug-likeness (QED) is 0.308. The van der Waals surface area contributed by atoms with Gasteiger partial charge in [-0.3, -0.25) is 4.79 Å². The van der Waals surface area contributed by atoms with Gasteiger partial charge in [0.05, 0.1) is 6.54 Å². The molecule has 1 aliphatic rings. The number of rotatable bonds is 7. The second-order valence-corrected chi connectivity index (χ2v) is 9.30. The lowest BCUT2D eigenvalue weighted by Gasteiger charge is -2.30. The van der Waals surface area contributed by atoms with Crippen molar-refractivity contribution in [2.75, 3.05) is 10.6 Å². The van der Waals surface area contributed by atoms with Gasteiger partial charge in [0.1, 0.15) is 0 Å². The molecule has 3 N–H and O–H groups in total. The number of carboxylic acid groups (broad SMARTS) is 1. The van der Waals surface area contributed by atoms with Crippen LogP contribution in [0.3, 0.4) is 0 Å². The van der Waals surface area contributed by atoms with Crippen LogP contribution in [0, 0.1) is 12.8 Å². The molecule has 0 bridgehead atoms. The first-order chi connectivity index (χ1) is 16.9. The van der Waals surface area contributed by atoms with Gasteiger partial charge in [-0.05, 0) is 77.9 Å². The van der Waals surface area contributed by atoms with Gasteiger partial charge in [-0.2, -0.15) is 0 Å². The van der Waals surface area contributed by atoms with E-state index in [1.807, 2.05) is 53.4 Å². The van der Waals surface area contributed by atoms with E-state index in [1.165, 1.54) is 6.42 Å². The maximum absolute atomic E-state index is 13.7. The average molecular weight is 469 g/mol. The summed E-state index contributed by atoms with van der Waals surface area (Å²) in [4.78, 5) is 26.5. The van der Waals surface area contributed by atoms with Crippen molar-refractivity contribution >= 4 is 29.3 Å². The highest BCUT2D eigenvalue weighted by Crippen LogP contribution is 2.31. The largest absolute Gasteiger partial charge is 0.478 e. The number of carbonyl (C=O) groups excluding carboxylic acids is 1. The summed E-state index contributed by atoms with van der Waals surface area (Å²) in [5.41, 5.74) is 12.5. The molecule has 3 aromatic carbocycles. The van der Waals surface area contributed by atoms with Gasteiger partial charge in [0.25, 0.3) is 0 Å². The summed E-state index contributed by atoms with van der Waals surface area (Å²) in [6, 6.07) is 21.7. The second-order valence-electron chi connectivity index (χ2n) is 9.30. The first-order valence-electron chi connectivity index (χ1n) is 12.2. The summed E-state index contributed by atoms with van der Waals surface area (Å²) >= 11 is 0. The normalized spacial score (nSPS) is 14.2. The van der Waals surface area contributed by atoms with E-state index >= 15 is 0 Å². The Labute approximate surface area is 206 Å². The summed E-state index contributed by atoms with van der Waals surface area (Å²) in [5, 5.41) is 8.99. The molecule has 0 saturated heterocycles. The Balaban J connectivity index is 1.64. The van der Waals surface area contributed by atoms with Crippen molar-refractivity contribution in [3.8, 4) is 11.1 Å². The monoisotopic (exact) mass is 468 g/mol. The molecule has 1 amide bonds. The van der Waals surface area contributed by atoms with Gasteiger partial charge in [-0.15, -0.1) is 0 Å². The molecule has 0 atom stereocenters. The number of hydrogen-bond acceptors (Lipinski definition) is 3. The summed E-state index contributed by atoms with van der Waals surface area (Å²) in [6.45, 7) is 2.55. The molecule has 0 aromatic heterocycles. The van der Waals surface area contributed by atoms with Crippen LogP contribution < -0.4 is 10.6 Å². The molecule has 0 unspecified atom stereocenters. The van der Waals surface area contributed by atoms with Gasteiger partial charge in [0.15, 0.2) is 0 Å². The second kappa shape index (κ2) is 11.0. The predicted molar refractivity (Wildman–Crippen MR) is 142 cm³/mol. The number of nitrogens with zero attached hydrogens (tertiary/aromatic N) is 1. The Kier molecular flexibility index (Phi) is 7.66. The Morgan fingerprint density at radius 3 is 2.43 bits per heavy atom. The van der Waals surface area contributed by atoms with Crippen molar-refractivity contribution < 1.29 is 14.7 Å². The summed E-state index contributed by atoms with van der Waals surface area (Å²) in [7, 11) is 0. The lowest BCUT2D eigenvalue weighted by atomic mass is 9.88. The third-order valence-corrected chi connectivity index (χ3v) is 6.67. The van der Waals surface area contributed by atoms with E-state index in [0.717, 1.165) is 71.0 Å². The van der Waals surface area contributed by atoms with Crippen LogP contribution in [0.1, 0.15) is 48.8 Å².